The number of hydrogen-bond acceptors (Lipinski definition) is 2. The zero-order valence-corrected chi connectivity index (χ0v) is 25.8. The van der Waals surface area contributed by atoms with Crippen LogP contribution in [0.3, 0.4) is 0 Å². The summed E-state index contributed by atoms with van der Waals surface area (Å²) in [6.07, 6.45) is 15.0. The van der Waals surface area contributed by atoms with Gasteiger partial charge in [-0.3, -0.25) is 0 Å². The topological polar surface area (TPSA) is 57.4 Å². The first-order valence-corrected chi connectivity index (χ1v) is 13.4. The predicted octanol–water partition coefficient (Wildman–Crippen LogP) is 8.65. The molecule has 0 fully saturated rings. The number of aryl methyl sites for hydroxylation is 2. The summed E-state index contributed by atoms with van der Waals surface area (Å²) in [6.45, 7) is 12.2. The van der Waals surface area contributed by atoms with Crippen molar-refractivity contribution >= 4 is 39.8 Å². The number of hydrogen-bond donors (Lipinski definition) is 2. The van der Waals surface area contributed by atoms with Gasteiger partial charge in [0.15, 0.2) is 0 Å². The average Bonchev–Trinajstić information content (AvgIpc) is 3.63. The fraction of sp³-hybridized carbons (Fsp3) is 0.344. The van der Waals surface area contributed by atoms with Crippen LogP contribution < -0.4 is 0 Å². The predicted molar refractivity (Wildman–Crippen MR) is 154 cm³/mol. The van der Waals surface area contributed by atoms with Crippen molar-refractivity contribution in [1.29, 1.82) is 0 Å². The van der Waals surface area contributed by atoms with Crippen LogP contribution in [0.1, 0.15) is 93.7 Å². The van der Waals surface area contributed by atoms with E-state index in [0.29, 0.717) is 0 Å². The number of nitrogens with one attached hydrogen (secondary N) is 2. The number of rotatable bonds is 6. The maximum atomic E-state index is 5.12. The molecule has 37 heavy (non-hydrogen) atoms. The number of allylic oxidation sites excluding steroid dienone is 1. The minimum atomic E-state index is 0. The second kappa shape index (κ2) is 13.7. The minimum Gasteiger partial charge on any atom is -0.366 e. The molecule has 188 valence electrons. The van der Waals surface area contributed by atoms with E-state index in [1.165, 1.54) is 22.2 Å². The summed E-state index contributed by atoms with van der Waals surface area (Å²) < 4.78 is 0. The monoisotopic (exact) mass is 542 g/mol. The van der Waals surface area contributed by atoms with Crippen LogP contribution in [0.15, 0.2) is 36.4 Å². The van der Waals surface area contributed by atoms with E-state index in [1.807, 2.05) is 6.92 Å². The van der Waals surface area contributed by atoms with Gasteiger partial charge in [0.05, 0.1) is 11.4 Å². The van der Waals surface area contributed by atoms with E-state index < -0.39 is 0 Å². The van der Waals surface area contributed by atoms with Gasteiger partial charge in [-0.25, -0.2) is 4.98 Å². The van der Waals surface area contributed by atoms with Gasteiger partial charge in [-0.05, 0) is 78.5 Å². The molecule has 0 amide bonds. The summed E-state index contributed by atoms with van der Waals surface area (Å²) in [6, 6.07) is 12.8. The second-order valence-electron chi connectivity index (χ2n) is 9.40. The first kappa shape index (κ1) is 28.8. The molecule has 5 heteroatoms. The van der Waals surface area contributed by atoms with Crippen LogP contribution in [0, 0.1) is 13.0 Å². The molecule has 5 rings (SSSR count). The maximum Gasteiger partial charge on any atom is 2.00 e. The summed E-state index contributed by atoms with van der Waals surface area (Å²) in [5.41, 5.74) is 12.2. The number of aromatic nitrogens is 4. The Kier molecular flexibility index (Phi) is 10.6. The van der Waals surface area contributed by atoms with Gasteiger partial charge in [0.25, 0.3) is 0 Å². The molecule has 0 unspecified atom stereocenters. The maximum absolute atomic E-state index is 5.12. The number of nitrogens with zero attached hydrogens (tertiary/aromatic N) is 2. The molecule has 0 atom stereocenters. The summed E-state index contributed by atoms with van der Waals surface area (Å²) in [5, 5.41) is 0. The second-order valence-corrected chi connectivity index (χ2v) is 9.40. The fourth-order valence-electron chi connectivity index (χ4n) is 4.74. The standard InChI is InChI=1S/C29H31N4.C3H7.Zn/c1-4-7-19-14-25-17-23-12-10-21(30-23)16-22-11-13-24(31-22)18-26-15-20(8-5-2)29(33-26)27(9-6-3)28(19)32-25;1-3-2;/h10-14,16-18,31-32H,4-9H2,1-3H3;1,3H2,2H3;/q2*-1;+2. The Morgan fingerprint density at radius 2 is 1.38 bits per heavy atom. The quantitative estimate of drug-likeness (QED) is 0.189. The van der Waals surface area contributed by atoms with Crippen molar-refractivity contribution < 1.29 is 19.5 Å². The van der Waals surface area contributed by atoms with E-state index >= 15 is 0 Å². The van der Waals surface area contributed by atoms with E-state index in [-0.39, 0.29) is 19.5 Å². The van der Waals surface area contributed by atoms with E-state index in [4.69, 9.17) is 9.97 Å². The van der Waals surface area contributed by atoms with Crippen LogP contribution >= 0.6 is 0 Å². The molecular formula is C32H38N4Zn. The molecule has 2 N–H and O–H groups in total. The van der Waals surface area contributed by atoms with Crippen LogP contribution in [0.2, 0.25) is 0 Å². The molecule has 0 radical (unpaired) electrons. The van der Waals surface area contributed by atoms with Crippen molar-refractivity contribution in [1.82, 2.24) is 19.9 Å². The molecule has 0 saturated heterocycles. The summed E-state index contributed by atoms with van der Waals surface area (Å²) in [4.78, 5) is 17.1. The molecule has 0 spiro atoms. The van der Waals surface area contributed by atoms with Gasteiger partial charge < -0.3 is 21.9 Å². The Morgan fingerprint density at radius 1 is 0.757 bits per heavy atom. The van der Waals surface area contributed by atoms with Crippen LogP contribution in [0.5, 0.6) is 0 Å². The Bertz CT molecular complexity index is 1420. The molecule has 0 saturated carbocycles. The number of fused-ring (bicyclic) bond motifs is 8. The van der Waals surface area contributed by atoms with E-state index in [2.05, 4.69) is 92.3 Å². The van der Waals surface area contributed by atoms with Gasteiger partial charge in [-0.15, -0.1) is 11.6 Å². The average molecular weight is 544 g/mol. The van der Waals surface area contributed by atoms with E-state index in [1.54, 1.807) is 0 Å². The molecule has 0 aliphatic carbocycles. The van der Waals surface area contributed by atoms with E-state index in [9.17, 15) is 0 Å². The first-order chi connectivity index (χ1) is 17.6. The molecular weight excluding hydrogens is 506 g/mol. The third-order valence-electron chi connectivity index (χ3n) is 6.14. The Hall–Kier alpha value is -2.78. The van der Waals surface area contributed by atoms with Gasteiger partial charge >= 0.3 is 19.5 Å². The van der Waals surface area contributed by atoms with Crippen LogP contribution in [-0.4, -0.2) is 19.9 Å². The van der Waals surface area contributed by atoms with Crippen molar-refractivity contribution in [3.05, 3.63) is 83.3 Å². The smallest absolute Gasteiger partial charge is 0.366 e. The fourth-order valence-corrected chi connectivity index (χ4v) is 4.74. The van der Waals surface area contributed by atoms with Crippen molar-refractivity contribution in [3.8, 4) is 0 Å². The van der Waals surface area contributed by atoms with Crippen LogP contribution in [0.25, 0.3) is 39.8 Å². The molecule has 4 nitrogen and oxygen atoms in total. The Morgan fingerprint density at radius 3 is 2.03 bits per heavy atom. The molecule has 3 aromatic heterocycles. The number of aromatic amines is 2. The van der Waals surface area contributed by atoms with Crippen molar-refractivity contribution in [2.45, 2.75) is 72.6 Å². The van der Waals surface area contributed by atoms with Crippen molar-refractivity contribution in [2.75, 3.05) is 0 Å². The number of H-pyrrole nitrogens is 2. The summed E-state index contributed by atoms with van der Waals surface area (Å²) >= 11 is 0. The summed E-state index contributed by atoms with van der Waals surface area (Å²) in [5.74, 6) is 0. The SMILES string of the molecule is CCCC1=[C-]c2cc3ccc(cc4nc(cc5cc(CCC)c([nH]5)c(CCC)c1n2)C=C4)[nH]3.[CH2-]CC.[Zn+2]. The van der Waals surface area contributed by atoms with Crippen molar-refractivity contribution in [3.63, 3.8) is 0 Å². The van der Waals surface area contributed by atoms with Crippen molar-refractivity contribution in [2.24, 2.45) is 0 Å². The molecule has 2 aliphatic rings. The van der Waals surface area contributed by atoms with Gasteiger partial charge in [-0.1, -0.05) is 58.2 Å². The van der Waals surface area contributed by atoms with Gasteiger partial charge in [0.1, 0.15) is 0 Å². The molecule has 5 heterocycles. The zero-order valence-electron chi connectivity index (χ0n) is 22.9. The Labute approximate surface area is 234 Å². The van der Waals surface area contributed by atoms with E-state index in [0.717, 1.165) is 84.3 Å². The summed E-state index contributed by atoms with van der Waals surface area (Å²) in [7, 11) is 0. The van der Waals surface area contributed by atoms with Crippen LogP contribution in [0.4, 0.5) is 0 Å². The van der Waals surface area contributed by atoms with Gasteiger partial charge in [0, 0.05) is 16.6 Å². The minimum absolute atomic E-state index is 0. The molecule has 3 aromatic rings. The van der Waals surface area contributed by atoms with Crippen LogP contribution in [-0.2, 0) is 32.3 Å². The largest absolute Gasteiger partial charge is 2.00 e. The molecule has 0 aromatic carbocycles. The molecule has 2 aliphatic heterocycles. The normalized spacial score (nSPS) is 12.0. The Balaban J connectivity index is 0.000000908. The molecule has 8 bridgehead atoms. The van der Waals surface area contributed by atoms with Gasteiger partial charge in [0.2, 0.25) is 0 Å². The third kappa shape index (κ3) is 6.96. The van der Waals surface area contributed by atoms with Gasteiger partial charge in [-0.2, -0.15) is 12.5 Å². The third-order valence-corrected chi connectivity index (χ3v) is 6.14. The first-order valence-electron chi connectivity index (χ1n) is 13.4. The zero-order chi connectivity index (χ0) is 25.5.